The van der Waals surface area contributed by atoms with Crippen LogP contribution in [0.15, 0.2) is 41.8 Å². The SMILES string of the molecule is O=C(Nc1cccs1)NC1CCc2c([nH]c3ccccc23)C1. The smallest absolute Gasteiger partial charge is 0.320 e. The number of amides is 2. The molecule has 3 aromatic rings. The summed E-state index contributed by atoms with van der Waals surface area (Å²) in [7, 11) is 0. The average Bonchev–Trinajstić information content (AvgIpc) is 3.13. The summed E-state index contributed by atoms with van der Waals surface area (Å²) in [5.74, 6) is 0. The predicted molar refractivity (Wildman–Crippen MR) is 90.6 cm³/mol. The summed E-state index contributed by atoms with van der Waals surface area (Å²) < 4.78 is 0. The molecule has 2 aromatic heterocycles. The molecular weight excluding hydrogens is 294 g/mol. The molecule has 4 rings (SSSR count). The highest BCUT2D eigenvalue weighted by atomic mass is 32.1. The Hall–Kier alpha value is -2.27. The minimum atomic E-state index is -0.119. The van der Waals surface area contributed by atoms with Crippen LogP contribution in [0.1, 0.15) is 17.7 Å². The van der Waals surface area contributed by atoms with E-state index in [1.165, 1.54) is 33.5 Å². The molecule has 0 fully saturated rings. The van der Waals surface area contributed by atoms with Gasteiger partial charge in [0.2, 0.25) is 0 Å². The van der Waals surface area contributed by atoms with E-state index in [1.54, 1.807) is 0 Å². The second-order valence-corrected chi connectivity index (χ2v) is 6.59. The van der Waals surface area contributed by atoms with E-state index in [1.807, 2.05) is 17.5 Å². The van der Waals surface area contributed by atoms with Crippen LogP contribution >= 0.6 is 11.3 Å². The van der Waals surface area contributed by atoms with Gasteiger partial charge in [-0.25, -0.2) is 4.79 Å². The number of aromatic amines is 1. The number of aromatic nitrogens is 1. The van der Waals surface area contributed by atoms with Gasteiger partial charge >= 0.3 is 6.03 Å². The van der Waals surface area contributed by atoms with Crippen LogP contribution < -0.4 is 10.6 Å². The molecule has 3 N–H and O–H groups in total. The molecule has 0 saturated carbocycles. The number of anilines is 1. The fourth-order valence-electron chi connectivity index (χ4n) is 3.19. The largest absolute Gasteiger partial charge is 0.358 e. The summed E-state index contributed by atoms with van der Waals surface area (Å²) in [4.78, 5) is 15.5. The number of carbonyl (C=O) groups excluding carboxylic acids is 1. The molecule has 1 aliphatic rings. The van der Waals surface area contributed by atoms with Crippen molar-refractivity contribution in [3.63, 3.8) is 0 Å². The molecule has 2 heterocycles. The van der Waals surface area contributed by atoms with Crippen LogP contribution in [0.4, 0.5) is 9.80 Å². The molecule has 4 nitrogen and oxygen atoms in total. The van der Waals surface area contributed by atoms with Gasteiger partial charge in [0.15, 0.2) is 0 Å². The lowest BCUT2D eigenvalue weighted by molar-refractivity contribution is 0.247. The first-order valence-corrected chi connectivity index (χ1v) is 8.37. The number of nitrogens with one attached hydrogen (secondary N) is 3. The van der Waals surface area contributed by atoms with E-state index in [4.69, 9.17) is 0 Å². The Labute approximate surface area is 132 Å². The monoisotopic (exact) mass is 311 g/mol. The number of rotatable bonds is 2. The van der Waals surface area contributed by atoms with Gasteiger partial charge in [0.05, 0.1) is 5.00 Å². The Morgan fingerprint density at radius 2 is 2.14 bits per heavy atom. The average molecular weight is 311 g/mol. The van der Waals surface area contributed by atoms with Crippen molar-refractivity contribution in [1.29, 1.82) is 0 Å². The van der Waals surface area contributed by atoms with Gasteiger partial charge in [0.1, 0.15) is 0 Å². The molecule has 1 aromatic carbocycles. The molecule has 5 heteroatoms. The van der Waals surface area contributed by atoms with Crippen molar-refractivity contribution < 1.29 is 4.79 Å². The molecule has 1 unspecified atom stereocenters. The van der Waals surface area contributed by atoms with Crippen LogP contribution in [0.25, 0.3) is 10.9 Å². The Bertz CT molecular complexity index is 807. The van der Waals surface area contributed by atoms with Gasteiger partial charge < -0.3 is 10.3 Å². The zero-order valence-electron chi connectivity index (χ0n) is 12.1. The summed E-state index contributed by atoms with van der Waals surface area (Å²) in [6, 6.07) is 12.3. The number of fused-ring (bicyclic) bond motifs is 3. The molecule has 0 bridgehead atoms. The second kappa shape index (κ2) is 5.50. The molecule has 0 spiro atoms. The Kier molecular flexibility index (Phi) is 3.35. The van der Waals surface area contributed by atoms with Crippen LogP contribution in [0, 0.1) is 0 Å². The van der Waals surface area contributed by atoms with Crippen molar-refractivity contribution in [3.05, 3.63) is 53.0 Å². The number of benzene rings is 1. The quantitative estimate of drug-likeness (QED) is 0.660. The van der Waals surface area contributed by atoms with Crippen molar-refractivity contribution >= 4 is 33.3 Å². The first-order chi connectivity index (χ1) is 10.8. The van der Waals surface area contributed by atoms with Gasteiger partial charge in [0, 0.05) is 29.1 Å². The summed E-state index contributed by atoms with van der Waals surface area (Å²) in [5.41, 5.74) is 3.86. The van der Waals surface area contributed by atoms with Gasteiger partial charge in [-0.05, 0) is 42.0 Å². The van der Waals surface area contributed by atoms with E-state index < -0.39 is 0 Å². The van der Waals surface area contributed by atoms with E-state index in [-0.39, 0.29) is 12.1 Å². The lowest BCUT2D eigenvalue weighted by atomic mass is 9.92. The Balaban J connectivity index is 1.46. The highest BCUT2D eigenvalue weighted by molar-refractivity contribution is 7.14. The topological polar surface area (TPSA) is 56.9 Å². The number of carbonyl (C=O) groups is 1. The van der Waals surface area contributed by atoms with Crippen LogP contribution in [0.5, 0.6) is 0 Å². The fourth-order valence-corrected chi connectivity index (χ4v) is 3.80. The lowest BCUT2D eigenvalue weighted by Crippen LogP contribution is -2.41. The minimum absolute atomic E-state index is 0.119. The van der Waals surface area contributed by atoms with Crippen LogP contribution in [-0.2, 0) is 12.8 Å². The van der Waals surface area contributed by atoms with Crippen molar-refractivity contribution in [3.8, 4) is 0 Å². The molecule has 1 aliphatic carbocycles. The number of hydrogen-bond acceptors (Lipinski definition) is 2. The van der Waals surface area contributed by atoms with Crippen LogP contribution in [0.2, 0.25) is 0 Å². The maximum Gasteiger partial charge on any atom is 0.320 e. The summed E-state index contributed by atoms with van der Waals surface area (Å²) in [6.45, 7) is 0. The van der Waals surface area contributed by atoms with Crippen molar-refractivity contribution in [1.82, 2.24) is 10.3 Å². The maximum absolute atomic E-state index is 12.0. The fraction of sp³-hybridized carbons (Fsp3) is 0.235. The lowest BCUT2D eigenvalue weighted by Gasteiger charge is -2.23. The maximum atomic E-state index is 12.0. The predicted octanol–water partition coefficient (Wildman–Crippen LogP) is 3.91. The van der Waals surface area contributed by atoms with E-state index >= 15 is 0 Å². The number of urea groups is 1. The van der Waals surface area contributed by atoms with Crippen LogP contribution in [0.3, 0.4) is 0 Å². The first-order valence-electron chi connectivity index (χ1n) is 7.49. The van der Waals surface area contributed by atoms with E-state index in [9.17, 15) is 4.79 Å². The minimum Gasteiger partial charge on any atom is -0.358 e. The van der Waals surface area contributed by atoms with Gasteiger partial charge in [-0.15, -0.1) is 11.3 Å². The van der Waals surface area contributed by atoms with Gasteiger partial charge in [0.25, 0.3) is 0 Å². The first kappa shape index (κ1) is 13.4. The summed E-state index contributed by atoms with van der Waals surface area (Å²) >= 11 is 1.53. The number of H-pyrrole nitrogens is 1. The number of aryl methyl sites for hydroxylation is 1. The normalized spacial score (nSPS) is 17.2. The molecule has 22 heavy (non-hydrogen) atoms. The third-order valence-electron chi connectivity index (χ3n) is 4.19. The highest BCUT2D eigenvalue weighted by Crippen LogP contribution is 2.29. The molecule has 0 aliphatic heterocycles. The zero-order valence-corrected chi connectivity index (χ0v) is 12.9. The molecule has 1 atom stereocenters. The van der Waals surface area contributed by atoms with Crippen molar-refractivity contribution in [2.75, 3.05) is 5.32 Å². The third kappa shape index (κ3) is 2.48. The van der Waals surface area contributed by atoms with Gasteiger partial charge in [-0.2, -0.15) is 0 Å². The molecule has 2 amide bonds. The molecular formula is C17H17N3OS. The highest BCUT2D eigenvalue weighted by Gasteiger charge is 2.23. The third-order valence-corrected chi connectivity index (χ3v) is 4.97. The van der Waals surface area contributed by atoms with Gasteiger partial charge in [-0.3, -0.25) is 5.32 Å². The van der Waals surface area contributed by atoms with Gasteiger partial charge in [-0.1, -0.05) is 18.2 Å². The number of hydrogen-bond donors (Lipinski definition) is 3. The Morgan fingerprint density at radius 1 is 1.23 bits per heavy atom. The molecule has 0 saturated heterocycles. The molecule has 0 radical (unpaired) electrons. The number of para-hydroxylation sites is 1. The van der Waals surface area contributed by atoms with E-state index in [0.717, 1.165) is 24.3 Å². The molecule has 112 valence electrons. The zero-order chi connectivity index (χ0) is 14.9. The van der Waals surface area contributed by atoms with Crippen LogP contribution in [-0.4, -0.2) is 17.1 Å². The number of thiophene rings is 1. The van der Waals surface area contributed by atoms with Crippen molar-refractivity contribution in [2.24, 2.45) is 0 Å². The van der Waals surface area contributed by atoms with Crippen molar-refractivity contribution in [2.45, 2.75) is 25.3 Å². The summed E-state index contributed by atoms with van der Waals surface area (Å²) in [5, 5.41) is 10.1. The Morgan fingerprint density at radius 3 is 3.00 bits per heavy atom. The standard InChI is InChI=1S/C17H17N3OS/c21-17(20-16-6-3-9-22-16)18-11-7-8-13-12-4-1-2-5-14(12)19-15(13)10-11/h1-6,9,11,19H,7-8,10H2,(H2,18,20,21). The van der Waals surface area contributed by atoms with E-state index in [0.29, 0.717) is 0 Å². The van der Waals surface area contributed by atoms with E-state index in [2.05, 4.69) is 39.9 Å². The summed E-state index contributed by atoms with van der Waals surface area (Å²) in [6.07, 6.45) is 2.85. The second-order valence-electron chi connectivity index (χ2n) is 5.64.